The van der Waals surface area contributed by atoms with Gasteiger partial charge in [-0.05, 0) is 6.42 Å². The fourth-order valence-corrected chi connectivity index (χ4v) is 0.921. The van der Waals surface area contributed by atoms with Crippen molar-refractivity contribution in [3.05, 3.63) is 0 Å². The lowest BCUT2D eigenvalue weighted by Crippen LogP contribution is -2.44. The Morgan fingerprint density at radius 3 is 2.53 bits per heavy atom. The van der Waals surface area contributed by atoms with Crippen molar-refractivity contribution < 1.29 is 4.79 Å². The van der Waals surface area contributed by atoms with Crippen molar-refractivity contribution in [3.8, 4) is 0 Å². The topological polar surface area (TPSA) is 91.5 Å². The van der Waals surface area contributed by atoms with Gasteiger partial charge in [-0.1, -0.05) is 13.3 Å². The summed E-state index contributed by atoms with van der Waals surface area (Å²) in [5, 5.41) is 5.65. The molecule has 0 aromatic rings. The Bertz CT molecular complexity index is 205. The van der Waals surface area contributed by atoms with Crippen LogP contribution < -0.4 is 21.9 Å². The predicted octanol–water partition coefficient (Wildman–Crippen LogP) is -0.668. The van der Waals surface area contributed by atoms with Gasteiger partial charge in [0.25, 0.3) is 0 Å². The first-order valence-electron chi connectivity index (χ1n) is 5.20. The summed E-state index contributed by atoms with van der Waals surface area (Å²) in [6, 6.07) is 0. The minimum atomic E-state index is -0.0398. The number of hydrogen-bond acceptors (Lipinski definition) is 3. The van der Waals surface area contributed by atoms with E-state index in [1.807, 2.05) is 0 Å². The van der Waals surface area contributed by atoms with E-state index in [9.17, 15) is 4.79 Å². The maximum atomic E-state index is 10.6. The molecule has 0 aliphatic heterocycles. The minimum absolute atomic E-state index is 0.0398. The van der Waals surface area contributed by atoms with E-state index in [1.165, 1.54) is 6.92 Å². The van der Waals surface area contributed by atoms with E-state index < -0.39 is 0 Å². The summed E-state index contributed by atoms with van der Waals surface area (Å²) in [5.41, 5.74) is 2.48. The lowest BCUT2D eigenvalue weighted by atomic mass is 10.3. The molecule has 0 rings (SSSR count). The van der Waals surface area contributed by atoms with Gasteiger partial charge in [0.2, 0.25) is 11.9 Å². The number of nitrogens with zero attached hydrogens (tertiary/aromatic N) is 1. The molecule has 6 nitrogen and oxygen atoms in total. The largest absolute Gasteiger partial charge is 0.355 e. The number of unbranched alkanes of at least 4 members (excludes halogenated alkanes) is 1. The van der Waals surface area contributed by atoms with Crippen molar-refractivity contribution in [1.29, 1.82) is 0 Å². The van der Waals surface area contributed by atoms with Gasteiger partial charge in [-0.25, -0.2) is 5.84 Å². The van der Waals surface area contributed by atoms with Gasteiger partial charge in [-0.15, -0.1) is 0 Å². The number of nitrogens with two attached hydrogens (primary N) is 1. The Morgan fingerprint density at radius 2 is 2.00 bits per heavy atom. The SMILES string of the molecule is CCCCN=C(NN)NCCNC(C)=O. The summed E-state index contributed by atoms with van der Waals surface area (Å²) in [6.07, 6.45) is 2.14. The van der Waals surface area contributed by atoms with Gasteiger partial charge in [-0.3, -0.25) is 15.2 Å². The first-order valence-corrected chi connectivity index (χ1v) is 5.20. The van der Waals surface area contributed by atoms with E-state index in [-0.39, 0.29) is 5.91 Å². The Labute approximate surface area is 90.7 Å². The summed E-state index contributed by atoms with van der Waals surface area (Å²) in [6.45, 7) is 5.51. The summed E-state index contributed by atoms with van der Waals surface area (Å²) in [7, 11) is 0. The average Bonchev–Trinajstić information content (AvgIpc) is 2.21. The molecule has 88 valence electrons. The third-order valence-electron chi connectivity index (χ3n) is 1.71. The summed E-state index contributed by atoms with van der Waals surface area (Å²) < 4.78 is 0. The van der Waals surface area contributed by atoms with Gasteiger partial charge in [0.1, 0.15) is 0 Å². The zero-order valence-corrected chi connectivity index (χ0v) is 9.47. The molecule has 0 aromatic heterocycles. The van der Waals surface area contributed by atoms with Crippen LogP contribution in [0.5, 0.6) is 0 Å². The lowest BCUT2D eigenvalue weighted by molar-refractivity contribution is -0.118. The molecule has 1 amide bonds. The Kier molecular flexibility index (Phi) is 8.46. The molecule has 0 aliphatic rings. The zero-order valence-electron chi connectivity index (χ0n) is 9.47. The predicted molar refractivity (Wildman–Crippen MR) is 61.2 cm³/mol. The average molecular weight is 215 g/mol. The second-order valence-electron chi connectivity index (χ2n) is 3.14. The molecular formula is C9H21N5O. The van der Waals surface area contributed by atoms with Gasteiger partial charge in [0, 0.05) is 26.6 Å². The molecule has 0 atom stereocenters. The molecule has 5 N–H and O–H groups in total. The van der Waals surface area contributed by atoms with Crippen LogP contribution in [0.25, 0.3) is 0 Å². The molecule has 0 radical (unpaired) electrons. The molecule has 0 heterocycles. The van der Waals surface area contributed by atoms with Crippen molar-refractivity contribution in [3.63, 3.8) is 0 Å². The highest BCUT2D eigenvalue weighted by molar-refractivity contribution is 5.79. The van der Waals surface area contributed by atoms with Gasteiger partial charge in [-0.2, -0.15) is 0 Å². The smallest absolute Gasteiger partial charge is 0.216 e. The molecule has 6 heteroatoms. The maximum absolute atomic E-state index is 10.6. The van der Waals surface area contributed by atoms with Gasteiger partial charge < -0.3 is 10.6 Å². The third-order valence-corrected chi connectivity index (χ3v) is 1.71. The first-order chi connectivity index (χ1) is 7.20. The van der Waals surface area contributed by atoms with Crippen LogP contribution in [0.15, 0.2) is 4.99 Å². The fourth-order valence-electron chi connectivity index (χ4n) is 0.921. The molecular weight excluding hydrogens is 194 g/mol. The van der Waals surface area contributed by atoms with Crippen molar-refractivity contribution >= 4 is 11.9 Å². The summed E-state index contributed by atoms with van der Waals surface area (Å²) in [4.78, 5) is 14.8. The molecule has 15 heavy (non-hydrogen) atoms. The van der Waals surface area contributed by atoms with E-state index in [4.69, 9.17) is 5.84 Å². The normalized spacial score (nSPS) is 11.0. The van der Waals surface area contributed by atoms with E-state index >= 15 is 0 Å². The summed E-state index contributed by atoms with van der Waals surface area (Å²) >= 11 is 0. The van der Waals surface area contributed by atoms with Gasteiger partial charge >= 0.3 is 0 Å². The number of guanidine groups is 1. The molecule has 0 aliphatic carbocycles. The van der Waals surface area contributed by atoms with E-state index in [2.05, 4.69) is 28.0 Å². The molecule has 0 bridgehead atoms. The number of nitrogens with one attached hydrogen (secondary N) is 3. The molecule has 0 fully saturated rings. The monoisotopic (exact) mass is 215 g/mol. The van der Waals surface area contributed by atoms with Crippen LogP contribution in [0.3, 0.4) is 0 Å². The fraction of sp³-hybridized carbons (Fsp3) is 0.778. The van der Waals surface area contributed by atoms with Gasteiger partial charge in [0.05, 0.1) is 0 Å². The van der Waals surface area contributed by atoms with E-state index in [0.717, 1.165) is 19.4 Å². The highest BCUT2D eigenvalue weighted by Gasteiger charge is 1.94. The molecule has 0 aromatic carbocycles. The number of carbonyl (C=O) groups excluding carboxylic acids is 1. The number of aliphatic imine (C=N–C) groups is 1. The van der Waals surface area contributed by atoms with Crippen molar-refractivity contribution in [2.24, 2.45) is 10.8 Å². The van der Waals surface area contributed by atoms with Crippen molar-refractivity contribution in [2.45, 2.75) is 26.7 Å². The van der Waals surface area contributed by atoms with Crippen LogP contribution in [-0.2, 0) is 4.79 Å². The number of hydrogen-bond donors (Lipinski definition) is 4. The van der Waals surface area contributed by atoms with Gasteiger partial charge in [0.15, 0.2) is 0 Å². The molecule has 0 spiro atoms. The third kappa shape index (κ3) is 9.01. The Hall–Kier alpha value is -1.30. The standard InChI is InChI=1S/C9H21N5O/c1-3-4-5-12-9(14-10)13-7-6-11-8(2)15/h3-7,10H2,1-2H3,(H,11,15)(H2,12,13,14). The number of rotatable bonds is 6. The molecule has 0 saturated carbocycles. The zero-order chi connectivity index (χ0) is 11.5. The second-order valence-corrected chi connectivity index (χ2v) is 3.14. The van der Waals surface area contributed by atoms with Crippen LogP contribution in [0.4, 0.5) is 0 Å². The minimum Gasteiger partial charge on any atom is -0.355 e. The van der Waals surface area contributed by atoms with Crippen LogP contribution in [0, 0.1) is 0 Å². The second kappa shape index (κ2) is 9.26. The Balaban J connectivity index is 3.60. The van der Waals surface area contributed by atoms with Crippen LogP contribution in [0.1, 0.15) is 26.7 Å². The van der Waals surface area contributed by atoms with Crippen LogP contribution in [0.2, 0.25) is 0 Å². The molecule has 0 unspecified atom stereocenters. The highest BCUT2D eigenvalue weighted by atomic mass is 16.1. The highest BCUT2D eigenvalue weighted by Crippen LogP contribution is 1.85. The number of carbonyl (C=O) groups is 1. The van der Waals surface area contributed by atoms with Crippen LogP contribution >= 0.6 is 0 Å². The van der Waals surface area contributed by atoms with Crippen molar-refractivity contribution in [2.75, 3.05) is 19.6 Å². The van der Waals surface area contributed by atoms with E-state index in [0.29, 0.717) is 19.0 Å². The summed E-state index contributed by atoms with van der Waals surface area (Å²) in [5.74, 6) is 5.79. The Morgan fingerprint density at radius 1 is 1.33 bits per heavy atom. The maximum Gasteiger partial charge on any atom is 0.216 e. The lowest BCUT2D eigenvalue weighted by Gasteiger charge is -2.08. The van der Waals surface area contributed by atoms with Crippen LogP contribution in [-0.4, -0.2) is 31.5 Å². The number of hydrazine groups is 1. The first kappa shape index (κ1) is 13.7. The molecule has 0 saturated heterocycles. The van der Waals surface area contributed by atoms with Crippen molar-refractivity contribution in [1.82, 2.24) is 16.1 Å². The van der Waals surface area contributed by atoms with E-state index in [1.54, 1.807) is 0 Å². The quantitative estimate of drug-likeness (QED) is 0.155. The number of amides is 1.